The lowest BCUT2D eigenvalue weighted by Crippen LogP contribution is -2.55. The minimum atomic E-state index is -4.71. The number of rotatable bonds is 10. The predicted molar refractivity (Wildman–Crippen MR) is 190 cm³/mol. The molecule has 1 aromatic heterocycles. The van der Waals surface area contributed by atoms with Crippen LogP contribution in [0, 0.1) is 10.8 Å². The number of aromatic nitrogens is 1. The topological polar surface area (TPSA) is 124 Å². The molecule has 276 valence electrons. The molecule has 1 fully saturated rings. The molecule has 1 aliphatic carbocycles. The summed E-state index contributed by atoms with van der Waals surface area (Å²) in [6.07, 6.45) is -1.34. The van der Waals surface area contributed by atoms with Gasteiger partial charge in [-0.1, -0.05) is 43.3 Å². The molecule has 4 amide bonds. The van der Waals surface area contributed by atoms with E-state index >= 15 is 0 Å². The van der Waals surface area contributed by atoms with Gasteiger partial charge in [-0.2, -0.15) is 13.2 Å². The molecule has 13 heteroatoms. The Bertz CT molecular complexity index is 1890. The van der Waals surface area contributed by atoms with Crippen LogP contribution in [0.4, 0.5) is 24.7 Å². The van der Waals surface area contributed by atoms with E-state index in [1.165, 1.54) is 9.80 Å². The van der Waals surface area contributed by atoms with E-state index < -0.39 is 34.2 Å². The Morgan fingerprint density at radius 1 is 0.981 bits per heavy atom. The van der Waals surface area contributed by atoms with Gasteiger partial charge in [0.25, 0.3) is 0 Å². The number of hydrogen-bond donors (Lipinski definition) is 3. The fraction of sp³-hybridized carbons (Fsp3) is 0.462. The zero-order valence-electron chi connectivity index (χ0n) is 30.0. The fourth-order valence-corrected chi connectivity index (χ4v) is 7.91. The van der Waals surface area contributed by atoms with Crippen LogP contribution in [0.25, 0.3) is 0 Å². The van der Waals surface area contributed by atoms with Crippen molar-refractivity contribution in [1.82, 2.24) is 20.1 Å². The van der Waals surface area contributed by atoms with Crippen LogP contribution in [0.5, 0.6) is 0 Å². The van der Waals surface area contributed by atoms with E-state index in [1.54, 1.807) is 12.3 Å². The van der Waals surface area contributed by atoms with Gasteiger partial charge in [-0.15, -0.1) is 0 Å². The molecule has 10 nitrogen and oxygen atoms in total. The molecule has 3 aliphatic rings. The number of carbonyl (C=O) groups is 4. The number of hydrogen-bond acceptors (Lipinski definition) is 6. The Morgan fingerprint density at radius 2 is 1.67 bits per heavy atom. The third kappa shape index (κ3) is 6.66. The van der Waals surface area contributed by atoms with Crippen LogP contribution in [0.1, 0.15) is 67.9 Å². The molecular weight excluding hydrogens is 673 g/mol. The molecule has 3 aromatic rings. The number of piperidine rings is 1. The Kier molecular flexibility index (Phi) is 9.95. The molecule has 2 aliphatic heterocycles. The molecule has 0 unspecified atom stereocenters. The summed E-state index contributed by atoms with van der Waals surface area (Å²) >= 11 is 0. The summed E-state index contributed by atoms with van der Waals surface area (Å²) < 4.78 is 41.1. The van der Waals surface area contributed by atoms with Crippen molar-refractivity contribution in [3.05, 3.63) is 88.6 Å². The normalized spacial score (nSPS) is 19.2. The van der Waals surface area contributed by atoms with E-state index in [1.807, 2.05) is 62.5 Å². The second-order valence-corrected chi connectivity index (χ2v) is 14.8. The van der Waals surface area contributed by atoms with Crippen molar-refractivity contribution in [2.75, 3.05) is 37.3 Å². The summed E-state index contributed by atoms with van der Waals surface area (Å²) in [5, 5.41) is 9.00. The molecular formula is C39H45F3N6O4. The van der Waals surface area contributed by atoms with Crippen molar-refractivity contribution in [2.24, 2.45) is 10.8 Å². The largest absolute Gasteiger partial charge is 0.402 e. The monoisotopic (exact) mass is 718 g/mol. The molecule has 1 atom stereocenters. The number of nitrogens with zero attached hydrogens (tertiary/aromatic N) is 3. The number of likely N-dealkylation sites (tertiary alicyclic amines) is 1. The maximum Gasteiger partial charge on any atom is 0.402 e. The number of nitrogens with one attached hydrogen (secondary N) is 3. The molecule has 52 heavy (non-hydrogen) atoms. The first-order valence-corrected chi connectivity index (χ1v) is 17.7. The lowest BCUT2D eigenvalue weighted by molar-refractivity contribution is -0.218. The number of carbonyl (C=O) groups excluding carboxylic acids is 4. The van der Waals surface area contributed by atoms with Crippen LogP contribution >= 0.6 is 0 Å². The highest BCUT2D eigenvalue weighted by molar-refractivity contribution is 6.06. The molecule has 2 aromatic carbocycles. The number of halogens is 3. The highest BCUT2D eigenvalue weighted by Gasteiger charge is 2.56. The average molecular weight is 719 g/mol. The van der Waals surface area contributed by atoms with Crippen molar-refractivity contribution in [2.45, 2.75) is 77.6 Å². The van der Waals surface area contributed by atoms with E-state index in [2.05, 4.69) is 20.9 Å². The molecule has 3 N–H and O–H groups in total. The Labute approximate surface area is 301 Å². The SMILES string of the molecule is CCC1(C(=O)N(CC(=O)Nc2ccc3c(c2)C[C@@]2(C3)C(=O)Nc3ncccc32)Cc2ccccc2CNC)CCN(C(=O)C(C)(C)C(F)(F)F)CC1. The number of alkyl halides is 3. The van der Waals surface area contributed by atoms with Gasteiger partial charge in [-0.25, -0.2) is 4.98 Å². The van der Waals surface area contributed by atoms with Crippen LogP contribution in [0.15, 0.2) is 60.8 Å². The summed E-state index contributed by atoms with van der Waals surface area (Å²) in [4.78, 5) is 61.6. The second-order valence-electron chi connectivity index (χ2n) is 14.8. The smallest absolute Gasteiger partial charge is 0.342 e. The van der Waals surface area contributed by atoms with Crippen LogP contribution < -0.4 is 16.0 Å². The third-order valence-corrected chi connectivity index (χ3v) is 11.3. The van der Waals surface area contributed by atoms with Crippen LogP contribution in [0.2, 0.25) is 0 Å². The number of benzene rings is 2. The number of amides is 4. The number of anilines is 2. The maximum absolute atomic E-state index is 14.6. The zero-order chi connectivity index (χ0) is 37.5. The molecule has 1 spiro atoms. The molecule has 3 heterocycles. The van der Waals surface area contributed by atoms with Crippen LogP contribution in [-0.4, -0.2) is 71.3 Å². The summed E-state index contributed by atoms with van der Waals surface area (Å²) in [6, 6.07) is 17.0. The van der Waals surface area contributed by atoms with Crippen molar-refractivity contribution < 1.29 is 32.3 Å². The van der Waals surface area contributed by atoms with Crippen molar-refractivity contribution >= 4 is 35.1 Å². The lowest BCUT2D eigenvalue weighted by Gasteiger charge is -2.44. The minimum absolute atomic E-state index is 0.00345. The van der Waals surface area contributed by atoms with Crippen molar-refractivity contribution in [1.29, 1.82) is 0 Å². The zero-order valence-corrected chi connectivity index (χ0v) is 30.0. The molecule has 0 radical (unpaired) electrons. The average Bonchev–Trinajstić information content (AvgIpc) is 3.63. The minimum Gasteiger partial charge on any atom is -0.342 e. The Balaban J connectivity index is 1.21. The van der Waals surface area contributed by atoms with Gasteiger partial charge in [0.05, 0.1) is 10.8 Å². The first-order valence-electron chi connectivity index (χ1n) is 17.7. The van der Waals surface area contributed by atoms with Gasteiger partial charge in [-0.3, -0.25) is 19.2 Å². The summed E-state index contributed by atoms with van der Waals surface area (Å²) in [7, 11) is 1.82. The predicted octanol–water partition coefficient (Wildman–Crippen LogP) is 5.36. The fourth-order valence-electron chi connectivity index (χ4n) is 7.91. The number of pyridine rings is 1. The summed E-state index contributed by atoms with van der Waals surface area (Å²) in [5.41, 5.74) is 0.904. The van der Waals surface area contributed by atoms with Crippen molar-refractivity contribution in [3.63, 3.8) is 0 Å². The van der Waals surface area contributed by atoms with Gasteiger partial charge in [-0.05, 0) is 93.5 Å². The van der Waals surface area contributed by atoms with Gasteiger partial charge >= 0.3 is 6.18 Å². The van der Waals surface area contributed by atoms with Gasteiger partial charge in [0.1, 0.15) is 17.8 Å². The van der Waals surface area contributed by atoms with Crippen molar-refractivity contribution in [3.8, 4) is 0 Å². The maximum atomic E-state index is 14.6. The highest BCUT2D eigenvalue weighted by atomic mass is 19.4. The van der Waals surface area contributed by atoms with Crippen LogP contribution in [0.3, 0.4) is 0 Å². The molecule has 0 saturated carbocycles. The van der Waals surface area contributed by atoms with Gasteiger partial charge in [0.15, 0.2) is 0 Å². The second kappa shape index (κ2) is 14.0. The van der Waals surface area contributed by atoms with Gasteiger partial charge in [0.2, 0.25) is 23.6 Å². The van der Waals surface area contributed by atoms with E-state index in [0.717, 1.165) is 41.7 Å². The van der Waals surface area contributed by atoms with E-state index in [4.69, 9.17) is 0 Å². The summed E-state index contributed by atoms with van der Waals surface area (Å²) in [5.74, 6) is -1.22. The molecule has 6 rings (SSSR count). The Hall–Kier alpha value is -4.78. The lowest BCUT2D eigenvalue weighted by atomic mass is 9.74. The van der Waals surface area contributed by atoms with E-state index in [9.17, 15) is 32.3 Å². The molecule has 0 bridgehead atoms. The van der Waals surface area contributed by atoms with E-state index in [-0.39, 0.29) is 50.8 Å². The standard InChI is InChI=1S/C39H45F3N6O4/c1-5-37(14-17-47(18-15-37)34(51)36(2,3)39(40,41)42)35(52)48(23-27-10-7-6-9-26(27)22-43-4)24-31(49)45-29-13-12-25-20-38(21-28(25)19-29)30-11-8-16-44-32(30)46-33(38)50/h6-13,16,19,43H,5,14-15,17-18,20-24H2,1-4H3,(H,45,49)(H,44,46,50)/t38-/m1/s1. The number of fused-ring (bicyclic) bond motifs is 3. The summed E-state index contributed by atoms with van der Waals surface area (Å²) in [6.45, 7) is 4.06. The van der Waals surface area contributed by atoms with Gasteiger partial charge in [0, 0.05) is 43.6 Å². The first-order chi connectivity index (χ1) is 24.6. The quantitative estimate of drug-likeness (QED) is 0.259. The highest BCUT2D eigenvalue weighted by Crippen LogP contribution is 2.47. The van der Waals surface area contributed by atoms with E-state index in [0.29, 0.717) is 37.3 Å². The molecule has 1 saturated heterocycles. The third-order valence-electron chi connectivity index (χ3n) is 11.3. The Morgan fingerprint density at radius 3 is 2.35 bits per heavy atom. The van der Waals surface area contributed by atoms with Gasteiger partial charge < -0.3 is 25.8 Å². The first kappa shape index (κ1) is 37.0. The van der Waals surface area contributed by atoms with Crippen LogP contribution in [-0.2, 0) is 50.5 Å².